The Morgan fingerprint density at radius 3 is 2.83 bits per heavy atom. The quantitative estimate of drug-likeness (QED) is 0.810. The molecule has 1 fully saturated rings. The maximum atomic E-state index is 11.6. The van der Waals surface area contributed by atoms with Gasteiger partial charge in [0.1, 0.15) is 5.75 Å². The number of aryl methyl sites for hydroxylation is 1. The first-order valence-electron chi connectivity index (χ1n) is 8.10. The number of hydrogen-bond acceptors (Lipinski definition) is 5. The van der Waals surface area contributed by atoms with Crippen LogP contribution in [-0.4, -0.2) is 28.7 Å². The van der Waals surface area contributed by atoms with Crippen molar-refractivity contribution in [2.75, 3.05) is 6.61 Å². The van der Waals surface area contributed by atoms with Crippen LogP contribution >= 0.6 is 0 Å². The third kappa shape index (κ3) is 4.55. The fourth-order valence-electron chi connectivity index (χ4n) is 2.15. The lowest BCUT2D eigenvalue weighted by molar-refractivity contribution is -0.123. The lowest BCUT2D eigenvalue weighted by Crippen LogP contribution is -2.30. The molecule has 1 aromatic heterocycles. The molecule has 1 aliphatic rings. The number of carbonyl (C=O) groups excluding carboxylic acids is 1. The summed E-state index contributed by atoms with van der Waals surface area (Å²) in [5.74, 6) is 1.82. The van der Waals surface area contributed by atoms with E-state index in [9.17, 15) is 4.79 Å². The van der Waals surface area contributed by atoms with Crippen molar-refractivity contribution in [2.24, 2.45) is 0 Å². The Bertz CT molecular complexity index is 647. The summed E-state index contributed by atoms with van der Waals surface area (Å²) in [5, 5.41) is 6.88. The molecule has 1 amide bonds. The van der Waals surface area contributed by atoms with E-state index in [-0.39, 0.29) is 12.5 Å². The van der Waals surface area contributed by atoms with E-state index in [1.54, 1.807) is 0 Å². The van der Waals surface area contributed by atoms with Gasteiger partial charge in [0.2, 0.25) is 11.7 Å². The molecule has 6 nitrogen and oxygen atoms in total. The minimum atomic E-state index is -0.0738. The maximum absolute atomic E-state index is 11.6. The van der Waals surface area contributed by atoms with Gasteiger partial charge in [-0.05, 0) is 43.5 Å². The molecule has 0 spiro atoms. The highest BCUT2D eigenvalue weighted by molar-refractivity contribution is 5.78. The molecule has 0 bridgehead atoms. The van der Waals surface area contributed by atoms with Gasteiger partial charge in [-0.25, -0.2) is 0 Å². The van der Waals surface area contributed by atoms with Crippen LogP contribution < -0.4 is 10.1 Å². The van der Waals surface area contributed by atoms with E-state index >= 15 is 0 Å². The molecule has 2 aromatic rings. The number of nitrogens with zero attached hydrogens (tertiary/aromatic N) is 2. The normalized spacial score (nSPS) is 13.8. The molecule has 1 heterocycles. The van der Waals surface area contributed by atoms with Gasteiger partial charge in [-0.2, -0.15) is 4.98 Å². The Hall–Kier alpha value is -2.37. The van der Waals surface area contributed by atoms with E-state index in [1.165, 1.54) is 0 Å². The first-order valence-corrected chi connectivity index (χ1v) is 8.10. The van der Waals surface area contributed by atoms with Crippen LogP contribution in [-0.2, 0) is 11.2 Å². The molecule has 3 rings (SSSR count). The molecule has 6 heteroatoms. The Labute approximate surface area is 135 Å². The lowest BCUT2D eigenvalue weighted by Gasteiger charge is -2.06. The van der Waals surface area contributed by atoms with Crippen molar-refractivity contribution in [1.29, 1.82) is 0 Å². The number of benzene rings is 1. The van der Waals surface area contributed by atoms with E-state index in [2.05, 4.69) is 22.4 Å². The van der Waals surface area contributed by atoms with Gasteiger partial charge >= 0.3 is 0 Å². The van der Waals surface area contributed by atoms with Gasteiger partial charge in [-0.1, -0.05) is 18.5 Å². The molecule has 23 heavy (non-hydrogen) atoms. The summed E-state index contributed by atoms with van der Waals surface area (Å²) in [6, 6.07) is 7.70. The topological polar surface area (TPSA) is 77.2 Å². The van der Waals surface area contributed by atoms with Gasteiger partial charge in [0.25, 0.3) is 5.91 Å². The van der Waals surface area contributed by atoms with Crippen LogP contribution in [0.25, 0.3) is 11.4 Å². The number of aromatic nitrogens is 2. The summed E-state index contributed by atoms with van der Waals surface area (Å²) in [7, 11) is 0. The van der Waals surface area contributed by atoms with Gasteiger partial charge in [-0.3, -0.25) is 4.79 Å². The Morgan fingerprint density at radius 2 is 2.13 bits per heavy atom. The zero-order valence-corrected chi connectivity index (χ0v) is 13.2. The van der Waals surface area contributed by atoms with Crippen molar-refractivity contribution in [2.45, 2.75) is 45.1 Å². The van der Waals surface area contributed by atoms with Crippen LogP contribution in [0.3, 0.4) is 0 Å². The summed E-state index contributed by atoms with van der Waals surface area (Å²) >= 11 is 0. The van der Waals surface area contributed by atoms with Crippen LogP contribution in [0.2, 0.25) is 0 Å². The van der Waals surface area contributed by atoms with E-state index in [0.717, 1.165) is 37.7 Å². The summed E-state index contributed by atoms with van der Waals surface area (Å²) < 4.78 is 10.7. The van der Waals surface area contributed by atoms with Crippen LogP contribution in [0.1, 0.15) is 38.5 Å². The number of nitrogens with one attached hydrogen (secondary N) is 1. The average Bonchev–Trinajstić information content (AvgIpc) is 3.25. The Kier molecular flexibility index (Phi) is 4.90. The predicted octanol–water partition coefficient (Wildman–Crippen LogP) is 2.74. The molecule has 0 aliphatic heterocycles. The number of unbranched alkanes of at least 4 members (excludes halogenated alkanes) is 1. The van der Waals surface area contributed by atoms with Crippen LogP contribution in [0.15, 0.2) is 28.8 Å². The SMILES string of the molecule is CCCCc1nc(-c2ccc(OCC(=O)NC3CC3)cc2)no1. The molecule has 0 unspecified atom stereocenters. The van der Waals surface area contributed by atoms with Crippen LogP contribution in [0.5, 0.6) is 5.75 Å². The molecule has 1 N–H and O–H groups in total. The highest BCUT2D eigenvalue weighted by atomic mass is 16.5. The molecule has 0 atom stereocenters. The third-order valence-electron chi connectivity index (χ3n) is 3.64. The highest BCUT2D eigenvalue weighted by Crippen LogP contribution is 2.21. The maximum Gasteiger partial charge on any atom is 0.258 e. The fraction of sp³-hybridized carbons (Fsp3) is 0.471. The Morgan fingerprint density at radius 1 is 1.35 bits per heavy atom. The van der Waals surface area contributed by atoms with E-state index in [4.69, 9.17) is 9.26 Å². The zero-order valence-electron chi connectivity index (χ0n) is 13.2. The smallest absolute Gasteiger partial charge is 0.258 e. The number of amides is 1. The van der Waals surface area contributed by atoms with Crippen LogP contribution in [0.4, 0.5) is 0 Å². The molecule has 1 aliphatic carbocycles. The second-order valence-corrected chi connectivity index (χ2v) is 5.77. The molecule has 1 aromatic carbocycles. The minimum Gasteiger partial charge on any atom is -0.484 e. The number of carbonyl (C=O) groups is 1. The summed E-state index contributed by atoms with van der Waals surface area (Å²) in [5.41, 5.74) is 0.867. The largest absolute Gasteiger partial charge is 0.484 e. The molecule has 0 saturated heterocycles. The standard InChI is InChI=1S/C17H21N3O3/c1-2-3-4-16-19-17(20-23-16)12-5-9-14(10-6-12)22-11-15(21)18-13-7-8-13/h5-6,9-10,13H,2-4,7-8,11H2,1H3,(H,18,21). The van der Waals surface area contributed by atoms with Crippen molar-refractivity contribution in [3.63, 3.8) is 0 Å². The second-order valence-electron chi connectivity index (χ2n) is 5.77. The third-order valence-corrected chi connectivity index (χ3v) is 3.64. The van der Waals surface area contributed by atoms with Crippen molar-refractivity contribution >= 4 is 5.91 Å². The molecule has 1 saturated carbocycles. The zero-order chi connectivity index (χ0) is 16.1. The Balaban J connectivity index is 1.53. The molecule has 122 valence electrons. The number of rotatable bonds is 8. The van der Waals surface area contributed by atoms with Crippen molar-refractivity contribution < 1.29 is 14.1 Å². The van der Waals surface area contributed by atoms with E-state index < -0.39 is 0 Å². The fourth-order valence-corrected chi connectivity index (χ4v) is 2.15. The monoisotopic (exact) mass is 315 g/mol. The van der Waals surface area contributed by atoms with Crippen molar-refractivity contribution in [3.8, 4) is 17.1 Å². The minimum absolute atomic E-state index is 0.0409. The second kappa shape index (κ2) is 7.26. The van der Waals surface area contributed by atoms with Gasteiger partial charge in [0.15, 0.2) is 6.61 Å². The summed E-state index contributed by atoms with van der Waals surface area (Å²) in [4.78, 5) is 16.0. The highest BCUT2D eigenvalue weighted by Gasteiger charge is 2.23. The molecular weight excluding hydrogens is 294 g/mol. The number of ether oxygens (including phenoxy) is 1. The van der Waals surface area contributed by atoms with E-state index in [0.29, 0.717) is 23.5 Å². The number of hydrogen-bond donors (Lipinski definition) is 1. The lowest BCUT2D eigenvalue weighted by atomic mass is 10.2. The van der Waals surface area contributed by atoms with Gasteiger partial charge in [0, 0.05) is 18.0 Å². The summed E-state index contributed by atoms with van der Waals surface area (Å²) in [6.07, 6.45) is 5.09. The predicted molar refractivity (Wildman–Crippen MR) is 85.0 cm³/mol. The van der Waals surface area contributed by atoms with Gasteiger partial charge in [-0.15, -0.1) is 0 Å². The first-order chi connectivity index (χ1) is 11.2. The van der Waals surface area contributed by atoms with E-state index in [1.807, 2.05) is 24.3 Å². The molecular formula is C17H21N3O3. The average molecular weight is 315 g/mol. The first kappa shape index (κ1) is 15.5. The van der Waals surface area contributed by atoms with Crippen LogP contribution in [0, 0.1) is 0 Å². The van der Waals surface area contributed by atoms with Crippen molar-refractivity contribution in [1.82, 2.24) is 15.5 Å². The molecule has 0 radical (unpaired) electrons. The summed E-state index contributed by atoms with van der Waals surface area (Å²) in [6.45, 7) is 2.17. The van der Waals surface area contributed by atoms with Crippen molar-refractivity contribution in [3.05, 3.63) is 30.2 Å². The van der Waals surface area contributed by atoms with Gasteiger partial charge in [0.05, 0.1) is 0 Å². The van der Waals surface area contributed by atoms with Gasteiger partial charge < -0.3 is 14.6 Å².